The third-order valence-corrected chi connectivity index (χ3v) is 12.0. The number of hydrogen-bond donors (Lipinski definition) is 0. The molecule has 0 unspecified atom stereocenters. The monoisotopic (exact) mass is 765 g/mol. The molecule has 60 heavy (non-hydrogen) atoms. The van der Waals surface area contributed by atoms with Crippen molar-refractivity contribution in [3.05, 3.63) is 230 Å². The summed E-state index contributed by atoms with van der Waals surface area (Å²) in [5.41, 5.74) is 13.3. The van der Waals surface area contributed by atoms with Crippen LogP contribution in [0.5, 0.6) is 0 Å². The maximum absolute atomic E-state index is 10.1. The molecule has 2 nitrogen and oxygen atoms in total. The van der Waals surface area contributed by atoms with Crippen molar-refractivity contribution < 1.29 is 4.11 Å². The number of rotatable bonds is 6. The standard InChI is InChI=1S/C58H38N2/c1-3-12-39(13-4-1)42-24-29-49(30-25-42)59-57-32-26-46(45-23-22-41-16-7-8-17-43(41)34-45)37-53(57)54-38-48(28-33-58(54)59)47-27-31-56-52(36-47)51-20-9-10-21-55(51)60(56)50-19-11-18-44(35-50)40-14-5-2-6-15-40/h1-38H/i28D,33D,38D. The van der Waals surface area contributed by atoms with Gasteiger partial charge < -0.3 is 9.13 Å². The Morgan fingerprint density at radius 2 is 0.783 bits per heavy atom. The Bertz CT molecular complexity index is 3750. The zero-order valence-electron chi connectivity index (χ0n) is 35.6. The lowest BCUT2D eigenvalue weighted by Crippen LogP contribution is -1.94. The minimum absolute atomic E-state index is 0.0332. The fourth-order valence-electron chi connectivity index (χ4n) is 9.07. The Morgan fingerprint density at radius 1 is 0.267 bits per heavy atom. The molecule has 2 heteroatoms. The van der Waals surface area contributed by atoms with Crippen LogP contribution in [0.2, 0.25) is 0 Å². The Hall–Kier alpha value is -7.94. The molecular formula is C58H38N2. The number of nitrogens with zero attached hydrogens (tertiary/aromatic N) is 2. The van der Waals surface area contributed by atoms with Gasteiger partial charge in [-0.25, -0.2) is 0 Å². The van der Waals surface area contributed by atoms with Crippen LogP contribution in [-0.2, 0) is 0 Å². The molecular weight excluding hydrogens is 725 g/mol. The lowest BCUT2D eigenvalue weighted by molar-refractivity contribution is 1.18. The predicted octanol–water partition coefficient (Wildman–Crippen LogP) is 15.7. The van der Waals surface area contributed by atoms with Gasteiger partial charge in [0.1, 0.15) is 0 Å². The van der Waals surface area contributed by atoms with E-state index in [1.165, 1.54) is 5.39 Å². The molecule has 12 rings (SSSR count). The van der Waals surface area contributed by atoms with Crippen LogP contribution in [0.25, 0.3) is 110 Å². The van der Waals surface area contributed by atoms with Crippen molar-refractivity contribution in [1.29, 1.82) is 0 Å². The van der Waals surface area contributed by atoms with Gasteiger partial charge in [-0.15, -0.1) is 0 Å². The highest BCUT2D eigenvalue weighted by molar-refractivity contribution is 6.13. The fraction of sp³-hybridized carbons (Fsp3) is 0. The van der Waals surface area contributed by atoms with Crippen molar-refractivity contribution in [2.24, 2.45) is 0 Å². The molecule has 0 saturated carbocycles. The highest BCUT2D eigenvalue weighted by atomic mass is 15.0. The molecule has 0 aliphatic carbocycles. The Labute approximate surface area is 352 Å². The molecule has 0 atom stereocenters. The van der Waals surface area contributed by atoms with Crippen molar-refractivity contribution in [3.63, 3.8) is 0 Å². The number of hydrogen-bond acceptors (Lipinski definition) is 0. The van der Waals surface area contributed by atoms with E-state index in [1.54, 1.807) is 0 Å². The van der Waals surface area contributed by atoms with E-state index in [2.05, 4.69) is 191 Å². The third kappa shape index (κ3) is 5.65. The molecule has 0 amide bonds. The van der Waals surface area contributed by atoms with Crippen molar-refractivity contribution in [2.75, 3.05) is 0 Å². The molecule has 2 heterocycles. The Morgan fingerprint density at radius 3 is 1.55 bits per heavy atom. The van der Waals surface area contributed by atoms with Crippen molar-refractivity contribution >= 4 is 54.4 Å². The minimum atomic E-state index is 0.0332. The second-order valence-electron chi connectivity index (χ2n) is 15.5. The van der Waals surface area contributed by atoms with Crippen LogP contribution < -0.4 is 0 Å². The van der Waals surface area contributed by atoms with Crippen molar-refractivity contribution in [3.8, 4) is 55.9 Å². The van der Waals surface area contributed by atoms with E-state index in [0.29, 0.717) is 16.5 Å². The highest BCUT2D eigenvalue weighted by Crippen LogP contribution is 2.40. The first kappa shape index (κ1) is 31.1. The van der Waals surface area contributed by atoms with Gasteiger partial charge >= 0.3 is 0 Å². The fourth-order valence-corrected chi connectivity index (χ4v) is 9.07. The van der Waals surface area contributed by atoms with Crippen LogP contribution in [0.15, 0.2) is 230 Å². The topological polar surface area (TPSA) is 9.86 Å². The zero-order valence-corrected chi connectivity index (χ0v) is 32.6. The number of para-hydroxylation sites is 1. The first-order valence-corrected chi connectivity index (χ1v) is 20.4. The first-order chi connectivity index (χ1) is 31.0. The van der Waals surface area contributed by atoms with Gasteiger partial charge in [0.15, 0.2) is 0 Å². The third-order valence-electron chi connectivity index (χ3n) is 12.0. The van der Waals surface area contributed by atoms with Gasteiger partial charge in [-0.05, 0) is 128 Å². The van der Waals surface area contributed by atoms with Gasteiger partial charge in [-0.2, -0.15) is 0 Å². The highest BCUT2D eigenvalue weighted by Gasteiger charge is 2.17. The Balaban J connectivity index is 1.08. The lowest BCUT2D eigenvalue weighted by atomic mass is 9.98. The molecule has 0 aliphatic heterocycles. The average Bonchev–Trinajstić information content (AvgIpc) is 3.87. The summed E-state index contributed by atoms with van der Waals surface area (Å²) in [7, 11) is 0. The first-order valence-electron chi connectivity index (χ1n) is 21.9. The molecule has 0 spiro atoms. The van der Waals surface area contributed by atoms with Crippen LogP contribution in [-0.4, -0.2) is 9.13 Å². The van der Waals surface area contributed by atoms with Crippen LogP contribution in [0.1, 0.15) is 4.11 Å². The maximum Gasteiger partial charge on any atom is 0.0645 e. The van der Waals surface area contributed by atoms with E-state index in [9.17, 15) is 4.11 Å². The number of benzene rings is 10. The summed E-state index contributed by atoms with van der Waals surface area (Å²) in [5, 5.41) is 5.99. The van der Waals surface area contributed by atoms with E-state index in [0.717, 1.165) is 88.4 Å². The summed E-state index contributed by atoms with van der Waals surface area (Å²) < 4.78 is 33.9. The van der Waals surface area contributed by atoms with Crippen LogP contribution in [0, 0.1) is 0 Å². The molecule has 0 N–H and O–H groups in total. The zero-order chi connectivity index (χ0) is 42.2. The van der Waals surface area contributed by atoms with Gasteiger partial charge in [0.05, 0.1) is 26.2 Å². The van der Waals surface area contributed by atoms with E-state index in [-0.39, 0.29) is 18.1 Å². The van der Waals surface area contributed by atoms with E-state index < -0.39 is 0 Å². The van der Waals surface area contributed by atoms with E-state index >= 15 is 0 Å². The van der Waals surface area contributed by atoms with Gasteiger partial charge in [0, 0.05) is 32.9 Å². The number of aromatic nitrogens is 2. The van der Waals surface area contributed by atoms with Gasteiger partial charge in [-0.1, -0.05) is 158 Å². The predicted molar refractivity (Wildman–Crippen MR) is 254 cm³/mol. The lowest BCUT2D eigenvalue weighted by Gasteiger charge is -2.11. The van der Waals surface area contributed by atoms with E-state index in [4.69, 9.17) is 0 Å². The van der Waals surface area contributed by atoms with Crippen molar-refractivity contribution in [2.45, 2.75) is 0 Å². The molecule has 0 aliphatic rings. The molecule has 0 bridgehead atoms. The van der Waals surface area contributed by atoms with Crippen LogP contribution in [0.4, 0.5) is 0 Å². The minimum Gasteiger partial charge on any atom is -0.309 e. The van der Waals surface area contributed by atoms with Crippen molar-refractivity contribution in [1.82, 2.24) is 9.13 Å². The van der Waals surface area contributed by atoms with Gasteiger partial charge in [0.2, 0.25) is 0 Å². The smallest absolute Gasteiger partial charge is 0.0645 e. The molecule has 12 aromatic rings. The largest absolute Gasteiger partial charge is 0.309 e. The molecule has 2 aromatic heterocycles. The number of fused-ring (bicyclic) bond motifs is 7. The van der Waals surface area contributed by atoms with Crippen LogP contribution >= 0.6 is 0 Å². The Kier molecular flexibility index (Phi) is 7.19. The van der Waals surface area contributed by atoms with Crippen LogP contribution in [0.3, 0.4) is 0 Å². The molecule has 0 saturated heterocycles. The molecule has 10 aromatic carbocycles. The summed E-state index contributed by atoms with van der Waals surface area (Å²) in [6, 6.07) is 74.1. The van der Waals surface area contributed by atoms with Gasteiger partial charge in [0.25, 0.3) is 0 Å². The normalized spacial score (nSPS) is 12.4. The summed E-state index contributed by atoms with van der Waals surface area (Å²) >= 11 is 0. The van der Waals surface area contributed by atoms with E-state index in [1.807, 2.05) is 30.3 Å². The molecule has 0 radical (unpaired) electrons. The summed E-state index contributed by atoms with van der Waals surface area (Å²) in [6.45, 7) is 0. The van der Waals surface area contributed by atoms with Gasteiger partial charge in [-0.3, -0.25) is 0 Å². The molecule has 0 fully saturated rings. The summed E-state index contributed by atoms with van der Waals surface area (Å²) in [5.74, 6) is 0. The SMILES string of the molecule is [2H]c1c(-c2ccc3c(c2)c2ccccc2n3-c2cccc(-c3ccccc3)c2)c([2H])c2c3cc(-c4ccc5ccccc5c4)ccc3n(-c3ccc(-c4ccccc4)cc3)c2c1[2H]. The molecule has 280 valence electrons. The maximum atomic E-state index is 10.1. The summed E-state index contributed by atoms with van der Waals surface area (Å²) in [4.78, 5) is 0. The average molecular weight is 766 g/mol. The summed E-state index contributed by atoms with van der Waals surface area (Å²) in [6.07, 6.45) is 0. The quantitative estimate of drug-likeness (QED) is 0.160. The second-order valence-corrected chi connectivity index (χ2v) is 15.5. The second kappa shape index (κ2) is 13.9.